The van der Waals surface area contributed by atoms with Crippen molar-refractivity contribution in [1.82, 2.24) is 9.88 Å². The first-order valence-electron chi connectivity index (χ1n) is 9.36. The minimum absolute atomic E-state index is 0.0503. The van der Waals surface area contributed by atoms with Gasteiger partial charge in [0.25, 0.3) is 5.91 Å². The Labute approximate surface area is 168 Å². The first kappa shape index (κ1) is 19.0. The topological polar surface area (TPSA) is 74.0 Å². The number of rotatable bonds is 5. The highest BCUT2D eigenvalue weighted by atomic mass is 16.5. The largest absolute Gasteiger partial charge is 0.497 e. The Morgan fingerprint density at radius 1 is 1.03 bits per heavy atom. The van der Waals surface area contributed by atoms with Crippen molar-refractivity contribution in [2.24, 2.45) is 0 Å². The van der Waals surface area contributed by atoms with Crippen molar-refractivity contribution in [1.29, 1.82) is 0 Å². The van der Waals surface area contributed by atoms with Gasteiger partial charge >= 0.3 is 0 Å². The summed E-state index contributed by atoms with van der Waals surface area (Å²) >= 11 is 0. The van der Waals surface area contributed by atoms with Gasteiger partial charge in [-0.15, -0.1) is 0 Å². The molecule has 3 aromatic rings. The molecule has 1 saturated heterocycles. The van der Waals surface area contributed by atoms with Crippen LogP contribution in [0, 0.1) is 0 Å². The number of oxazole rings is 1. The zero-order chi connectivity index (χ0) is 20.2. The van der Waals surface area contributed by atoms with Crippen LogP contribution in [0.4, 0.5) is 0 Å². The van der Waals surface area contributed by atoms with E-state index < -0.39 is 0 Å². The molecule has 0 bridgehead atoms. The molecule has 1 aliphatic rings. The van der Waals surface area contributed by atoms with Gasteiger partial charge in [0.1, 0.15) is 11.5 Å². The molecule has 2 heterocycles. The molecular weight excluding hydrogens is 372 g/mol. The molecule has 0 unspecified atom stereocenters. The molecule has 4 rings (SSSR count). The van der Waals surface area contributed by atoms with E-state index in [2.05, 4.69) is 4.98 Å². The average molecular weight is 394 g/mol. The molecular formula is C22H22N2O5. The normalized spacial score (nSPS) is 13.9. The second kappa shape index (κ2) is 8.36. The summed E-state index contributed by atoms with van der Waals surface area (Å²) in [6, 6.07) is 12.8. The molecule has 0 atom stereocenters. The van der Waals surface area contributed by atoms with Gasteiger partial charge in [-0.05, 0) is 24.3 Å². The summed E-state index contributed by atoms with van der Waals surface area (Å²) < 4.78 is 22.1. The Morgan fingerprint density at radius 2 is 1.83 bits per heavy atom. The van der Waals surface area contributed by atoms with E-state index in [1.165, 1.54) is 0 Å². The highest BCUT2D eigenvalue weighted by Crippen LogP contribution is 2.35. The first-order valence-corrected chi connectivity index (χ1v) is 9.36. The van der Waals surface area contributed by atoms with Crippen LogP contribution >= 0.6 is 0 Å². The van der Waals surface area contributed by atoms with Crippen LogP contribution in [0.5, 0.6) is 11.5 Å². The fraction of sp³-hybridized carbons (Fsp3) is 0.273. The van der Waals surface area contributed by atoms with Gasteiger partial charge in [-0.25, -0.2) is 4.98 Å². The third kappa shape index (κ3) is 3.82. The van der Waals surface area contributed by atoms with Crippen molar-refractivity contribution in [2.75, 3.05) is 40.5 Å². The molecule has 1 aliphatic heterocycles. The predicted octanol–water partition coefficient (Wildman–Crippen LogP) is 3.50. The van der Waals surface area contributed by atoms with E-state index >= 15 is 0 Å². The van der Waals surface area contributed by atoms with Crippen molar-refractivity contribution < 1.29 is 23.4 Å². The van der Waals surface area contributed by atoms with Gasteiger partial charge in [-0.3, -0.25) is 4.79 Å². The highest BCUT2D eigenvalue weighted by molar-refractivity contribution is 6.00. The summed E-state index contributed by atoms with van der Waals surface area (Å²) in [5, 5.41) is 0. The molecule has 1 fully saturated rings. The Hall–Kier alpha value is -3.32. The minimum Gasteiger partial charge on any atom is -0.497 e. The van der Waals surface area contributed by atoms with Gasteiger partial charge in [-0.2, -0.15) is 0 Å². The van der Waals surface area contributed by atoms with Crippen molar-refractivity contribution in [3.8, 4) is 34.3 Å². The summed E-state index contributed by atoms with van der Waals surface area (Å²) in [4.78, 5) is 19.2. The zero-order valence-corrected chi connectivity index (χ0v) is 16.4. The van der Waals surface area contributed by atoms with Gasteiger partial charge in [0.05, 0.1) is 44.8 Å². The van der Waals surface area contributed by atoms with E-state index in [1.807, 2.05) is 30.3 Å². The lowest BCUT2D eigenvalue weighted by molar-refractivity contribution is 0.0303. The highest BCUT2D eigenvalue weighted by Gasteiger charge is 2.23. The van der Waals surface area contributed by atoms with E-state index in [-0.39, 0.29) is 5.91 Å². The van der Waals surface area contributed by atoms with E-state index in [1.54, 1.807) is 37.4 Å². The van der Waals surface area contributed by atoms with Crippen LogP contribution in [-0.2, 0) is 4.74 Å². The molecule has 0 saturated carbocycles. The Kier molecular flexibility index (Phi) is 5.48. The van der Waals surface area contributed by atoms with Gasteiger partial charge in [-0.1, -0.05) is 12.1 Å². The molecule has 7 heteroatoms. The van der Waals surface area contributed by atoms with Crippen LogP contribution in [0.3, 0.4) is 0 Å². The predicted molar refractivity (Wildman–Crippen MR) is 107 cm³/mol. The summed E-state index contributed by atoms with van der Waals surface area (Å²) in [5.74, 6) is 2.19. The number of carbonyl (C=O) groups is 1. The average Bonchev–Trinajstić information content (AvgIpc) is 3.28. The quantitative estimate of drug-likeness (QED) is 0.659. The Bertz CT molecular complexity index is 1010. The SMILES string of the molecule is COc1ccc(-c2cnc(-c3ccccc3C(=O)N3CCOCC3)o2)c(OC)c1. The molecule has 0 spiro atoms. The molecule has 7 nitrogen and oxygen atoms in total. The van der Waals surface area contributed by atoms with Gasteiger partial charge in [0.2, 0.25) is 5.89 Å². The van der Waals surface area contributed by atoms with E-state index in [0.29, 0.717) is 60.6 Å². The number of methoxy groups -OCH3 is 2. The van der Waals surface area contributed by atoms with Crippen LogP contribution < -0.4 is 9.47 Å². The first-order chi connectivity index (χ1) is 14.2. The fourth-order valence-corrected chi connectivity index (χ4v) is 3.32. The second-order valence-corrected chi connectivity index (χ2v) is 6.55. The summed E-state index contributed by atoms with van der Waals surface area (Å²) in [7, 11) is 3.19. The number of amides is 1. The number of carbonyl (C=O) groups excluding carboxylic acids is 1. The maximum atomic E-state index is 13.0. The van der Waals surface area contributed by atoms with Crippen LogP contribution in [0.2, 0.25) is 0 Å². The molecule has 0 radical (unpaired) electrons. The third-order valence-electron chi connectivity index (χ3n) is 4.87. The standard InChI is InChI=1S/C22H22N2O5/c1-26-15-7-8-18(19(13-15)27-2)20-14-23-21(29-20)16-5-3-4-6-17(16)22(25)24-9-11-28-12-10-24/h3-8,13-14H,9-12H2,1-2H3. The lowest BCUT2D eigenvalue weighted by Crippen LogP contribution is -2.40. The number of nitrogens with zero attached hydrogens (tertiary/aromatic N) is 2. The number of hydrogen-bond donors (Lipinski definition) is 0. The number of aromatic nitrogens is 1. The molecule has 150 valence electrons. The van der Waals surface area contributed by atoms with Gasteiger partial charge in [0, 0.05) is 24.7 Å². The fourth-order valence-electron chi connectivity index (χ4n) is 3.32. The maximum Gasteiger partial charge on any atom is 0.254 e. The zero-order valence-electron chi connectivity index (χ0n) is 16.4. The molecule has 2 aromatic carbocycles. The smallest absolute Gasteiger partial charge is 0.254 e. The summed E-state index contributed by atoms with van der Waals surface area (Å²) in [6.45, 7) is 2.25. The second-order valence-electron chi connectivity index (χ2n) is 6.55. The number of morpholine rings is 1. The molecule has 0 aliphatic carbocycles. The van der Waals surface area contributed by atoms with Crippen LogP contribution in [0.1, 0.15) is 10.4 Å². The van der Waals surface area contributed by atoms with Crippen molar-refractivity contribution >= 4 is 5.91 Å². The molecule has 1 amide bonds. The van der Waals surface area contributed by atoms with Gasteiger partial charge < -0.3 is 23.5 Å². The minimum atomic E-state index is -0.0503. The van der Waals surface area contributed by atoms with Crippen molar-refractivity contribution in [3.05, 3.63) is 54.2 Å². The summed E-state index contributed by atoms with van der Waals surface area (Å²) in [6.07, 6.45) is 1.63. The Morgan fingerprint density at radius 3 is 2.59 bits per heavy atom. The van der Waals surface area contributed by atoms with E-state index in [4.69, 9.17) is 18.6 Å². The van der Waals surface area contributed by atoms with Crippen molar-refractivity contribution in [3.63, 3.8) is 0 Å². The summed E-state index contributed by atoms with van der Waals surface area (Å²) in [5.41, 5.74) is 1.97. The molecule has 1 aromatic heterocycles. The third-order valence-corrected chi connectivity index (χ3v) is 4.87. The van der Waals surface area contributed by atoms with Crippen LogP contribution in [0.25, 0.3) is 22.8 Å². The molecule has 0 N–H and O–H groups in total. The lowest BCUT2D eigenvalue weighted by atomic mass is 10.1. The number of hydrogen-bond acceptors (Lipinski definition) is 6. The van der Waals surface area contributed by atoms with Gasteiger partial charge in [0.15, 0.2) is 5.76 Å². The maximum absolute atomic E-state index is 13.0. The Balaban J connectivity index is 1.68. The number of ether oxygens (including phenoxy) is 3. The van der Waals surface area contributed by atoms with E-state index in [0.717, 1.165) is 5.56 Å². The van der Waals surface area contributed by atoms with Crippen LogP contribution in [-0.4, -0.2) is 56.3 Å². The lowest BCUT2D eigenvalue weighted by Gasteiger charge is -2.27. The molecule has 29 heavy (non-hydrogen) atoms. The van der Waals surface area contributed by atoms with Crippen LogP contribution in [0.15, 0.2) is 53.1 Å². The van der Waals surface area contributed by atoms with E-state index in [9.17, 15) is 4.79 Å². The monoisotopic (exact) mass is 394 g/mol. The van der Waals surface area contributed by atoms with Crippen molar-refractivity contribution in [2.45, 2.75) is 0 Å². The number of benzene rings is 2.